The fraction of sp³-hybridized carbons (Fsp3) is 0.333. The maximum Gasteiger partial charge on any atom is 0.316 e. The van der Waals surface area contributed by atoms with Gasteiger partial charge >= 0.3 is 11.8 Å². The van der Waals surface area contributed by atoms with Crippen molar-refractivity contribution < 1.29 is 9.59 Å². The monoisotopic (exact) mass is 284 g/mol. The highest BCUT2D eigenvalue weighted by molar-refractivity contribution is 6.42. The van der Waals surface area contributed by atoms with Crippen molar-refractivity contribution in [2.45, 2.75) is 18.4 Å². The number of hydrogen-bond donors (Lipinski definition) is 1. The molecule has 1 heterocycles. The van der Waals surface area contributed by atoms with Crippen molar-refractivity contribution in [2.24, 2.45) is 0 Å². The lowest BCUT2D eigenvalue weighted by Crippen LogP contribution is -2.59. The Morgan fingerprint density at radius 1 is 1.11 bits per heavy atom. The minimum absolute atomic E-state index is 0.236. The summed E-state index contributed by atoms with van der Waals surface area (Å²) in [5.41, 5.74) is 0.332. The van der Waals surface area contributed by atoms with E-state index in [0.29, 0.717) is 22.3 Å². The highest BCUT2D eigenvalue weighted by Crippen LogP contribution is 2.40. The maximum absolute atomic E-state index is 11.9. The lowest BCUT2D eigenvalue weighted by atomic mass is 10.1. The van der Waals surface area contributed by atoms with E-state index in [1.165, 1.54) is 4.90 Å². The molecule has 0 radical (unpaired) electrons. The van der Waals surface area contributed by atoms with E-state index in [4.69, 9.17) is 23.2 Å². The van der Waals surface area contributed by atoms with Gasteiger partial charge in [0.2, 0.25) is 0 Å². The zero-order valence-electron chi connectivity index (χ0n) is 9.37. The first-order valence-corrected chi connectivity index (χ1v) is 6.35. The molecule has 1 aromatic carbocycles. The van der Waals surface area contributed by atoms with E-state index >= 15 is 0 Å². The van der Waals surface area contributed by atoms with Crippen LogP contribution in [-0.4, -0.2) is 23.9 Å². The van der Waals surface area contributed by atoms with Crippen molar-refractivity contribution >= 4 is 40.7 Å². The summed E-state index contributed by atoms with van der Waals surface area (Å²) in [6, 6.07) is 4.87. The number of carbonyl (C=O) groups is 2. The molecule has 1 N–H and O–H groups in total. The number of anilines is 1. The van der Waals surface area contributed by atoms with E-state index in [0.717, 1.165) is 12.8 Å². The Hall–Kier alpha value is -1.26. The summed E-state index contributed by atoms with van der Waals surface area (Å²) < 4.78 is 0. The predicted molar refractivity (Wildman–Crippen MR) is 68.9 cm³/mol. The molecule has 2 amide bonds. The molecule has 4 nitrogen and oxygen atoms in total. The van der Waals surface area contributed by atoms with E-state index in [1.807, 2.05) is 0 Å². The van der Waals surface area contributed by atoms with Gasteiger partial charge in [0, 0.05) is 22.3 Å². The van der Waals surface area contributed by atoms with Crippen LogP contribution in [0.4, 0.5) is 5.69 Å². The summed E-state index contributed by atoms with van der Waals surface area (Å²) in [4.78, 5) is 25.0. The molecule has 2 fully saturated rings. The summed E-state index contributed by atoms with van der Waals surface area (Å²) in [7, 11) is 0. The molecule has 1 aliphatic heterocycles. The van der Waals surface area contributed by atoms with Crippen LogP contribution in [0.1, 0.15) is 12.8 Å². The molecule has 1 aromatic rings. The number of hydrogen-bond acceptors (Lipinski definition) is 2. The maximum atomic E-state index is 11.9. The second-order valence-electron chi connectivity index (χ2n) is 4.75. The van der Waals surface area contributed by atoms with Gasteiger partial charge in [-0.1, -0.05) is 23.2 Å². The van der Waals surface area contributed by atoms with Crippen LogP contribution in [0.5, 0.6) is 0 Å². The number of piperazine rings is 1. The highest BCUT2D eigenvalue weighted by Gasteiger charge is 2.51. The molecular weight excluding hydrogens is 275 g/mol. The van der Waals surface area contributed by atoms with E-state index in [2.05, 4.69) is 5.32 Å². The number of benzene rings is 1. The van der Waals surface area contributed by atoms with Crippen LogP contribution in [0, 0.1) is 0 Å². The van der Waals surface area contributed by atoms with Crippen LogP contribution < -0.4 is 10.2 Å². The van der Waals surface area contributed by atoms with Crippen molar-refractivity contribution in [1.82, 2.24) is 5.32 Å². The molecule has 6 heteroatoms. The Balaban J connectivity index is 1.98. The molecule has 18 heavy (non-hydrogen) atoms. The van der Waals surface area contributed by atoms with Gasteiger partial charge in [-0.05, 0) is 31.0 Å². The first kappa shape index (κ1) is 11.8. The van der Waals surface area contributed by atoms with Gasteiger partial charge in [-0.25, -0.2) is 0 Å². The largest absolute Gasteiger partial charge is 0.341 e. The number of carbonyl (C=O) groups excluding carboxylic acids is 2. The number of halogens is 2. The molecular formula is C12H10Cl2N2O2. The fourth-order valence-electron chi connectivity index (χ4n) is 2.17. The Labute approximate surface area is 114 Å². The van der Waals surface area contributed by atoms with Gasteiger partial charge in [0.25, 0.3) is 0 Å². The third-order valence-corrected chi connectivity index (χ3v) is 3.73. The molecule has 0 bridgehead atoms. The second kappa shape index (κ2) is 3.87. The predicted octanol–water partition coefficient (Wildman–Crippen LogP) is 1.99. The van der Waals surface area contributed by atoms with E-state index in [9.17, 15) is 9.59 Å². The minimum atomic E-state index is -0.564. The first-order valence-electron chi connectivity index (χ1n) is 5.59. The normalized spacial score (nSPS) is 21.1. The lowest BCUT2D eigenvalue weighted by molar-refractivity contribution is -0.139. The van der Waals surface area contributed by atoms with Crippen molar-refractivity contribution in [3.63, 3.8) is 0 Å². The Kier molecular flexibility index (Phi) is 2.54. The number of nitrogens with zero attached hydrogens (tertiary/aromatic N) is 1. The van der Waals surface area contributed by atoms with Crippen molar-refractivity contribution in [1.29, 1.82) is 0 Å². The first-order chi connectivity index (χ1) is 8.49. The van der Waals surface area contributed by atoms with Crippen LogP contribution >= 0.6 is 23.2 Å². The second-order valence-corrected chi connectivity index (χ2v) is 5.63. The van der Waals surface area contributed by atoms with Crippen molar-refractivity contribution in [3.05, 3.63) is 28.2 Å². The molecule has 1 aliphatic carbocycles. The van der Waals surface area contributed by atoms with Gasteiger partial charge in [-0.2, -0.15) is 0 Å². The Morgan fingerprint density at radius 2 is 1.72 bits per heavy atom. The van der Waals surface area contributed by atoms with Crippen LogP contribution in [0.2, 0.25) is 10.0 Å². The molecule has 2 aliphatic rings. The summed E-state index contributed by atoms with van der Waals surface area (Å²) in [6.45, 7) is 0.480. The van der Waals surface area contributed by atoms with Gasteiger partial charge < -0.3 is 10.2 Å². The van der Waals surface area contributed by atoms with Gasteiger partial charge in [-0.3, -0.25) is 9.59 Å². The van der Waals surface area contributed by atoms with Crippen LogP contribution in [0.3, 0.4) is 0 Å². The fourth-order valence-corrected chi connectivity index (χ4v) is 2.68. The molecule has 94 valence electrons. The molecule has 0 aromatic heterocycles. The molecule has 1 saturated heterocycles. The van der Waals surface area contributed by atoms with E-state index < -0.39 is 11.8 Å². The average Bonchev–Trinajstić information content (AvgIpc) is 3.02. The third-order valence-electron chi connectivity index (χ3n) is 3.29. The van der Waals surface area contributed by atoms with Crippen LogP contribution in [0.15, 0.2) is 18.2 Å². The smallest absolute Gasteiger partial charge is 0.316 e. The quantitative estimate of drug-likeness (QED) is 0.802. The number of amides is 2. The zero-order chi connectivity index (χ0) is 12.9. The molecule has 0 atom stereocenters. The standard InChI is InChI=1S/C12H10Cl2N2O2/c13-7-3-8(14)5-9(4-7)16-6-12(1-2-12)15-10(17)11(16)18/h3-5H,1-2,6H2,(H,15,17). The topological polar surface area (TPSA) is 49.4 Å². The lowest BCUT2D eigenvalue weighted by Gasteiger charge is -2.33. The van der Waals surface area contributed by atoms with E-state index in [-0.39, 0.29) is 5.54 Å². The zero-order valence-corrected chi connectivity index (χ0v) is 10.9. The Bertz CT molecular complexity index is 535. The molecule has 0 unspecified atom stereocenters. The van der Waals surface area contributed by atoms with Gasteiger partial charge in [0.05, 0.1) is 5.54 Å². The molecule has 3 rings (SSSR count). The third kappa shape index (κ3) is 1.95. The van der Waals surface area contributed by atoms with Crippen LogP contribution in [0.25, 0.3) is 0 Å². The van der Waals surface area contributed by atoms with Crippen molar-refractivity contribution in [2.75, 3.05) is 11.4 Å². The summed E-state index contributed by atoms with van der Waals surface area (Å²) in [5, 5.41) is 3.64. The summed E-state index contributed by atoms with van der Waals surface area (Å²) in [5.74, 6) is -1.12. The SMILES string of the molecule is O=C1NC2(CC2)CN(c2cc(Cl)cc(Cl)c2)C1=O. The van der Waals surface area contributed by atoms with Gasteiger partial charge in [0.1, 0.15) is 0 Å². The minimum Gasteiger partial charge on any atom is -0.341 e. The van der Waals surface area contributed by atoms with Crippen molar-refractivity contribution in [3.8, 4) is 0 Å². The molecule has 1 spiro atoms. The van der Waals surface area contributed by atoms with E-state index in [1.54, 1.807) is 18.2 Å². The number of nitrogens with one attached hydrogen (secondary N) is 1. The summed E-state index contributed by atoms with van der Waals surface area (Å²) in [6.07, 6.45) is 1.80. The van der Waals surface area contributed by atoms with Gasteiger partial charge in [-0.15, -0.1) is 0 Å². The highest BCUT2D eigenvalue weighted by atomic mass is 35.5. The van der Waals surface area contributed by atoms with Gasteiger partial charge in [0.15, 0.2) is 0 Å². The van der Waals surface area contributed by atoms with Crippen LogP contribution in [-0.2, 0) is 9.59 Å². The summed E-state index contributed by atoms with van der Waals surface area (Å²) >= 11 is 11.8. The average molecular weight is 285 g/mol. The molecule has 1 saturated carbocycles. The Morgan fingerprint density at radius 3 is 2.28 bits per heavy atom. The number of rotatable bonds is 1.